The zero-order valence-electron chi connectivity index (χ0n) is 23.1. The van der Waals surface area contributed by atoms with Crippen molar-refractivity contribution >= 4 is 5.57 Å². The second-order valence-electron chi connectivity index (χ2n) is 10.0. The summed E-state index contributed by atoms with van der Waals surface area (Å²) in [6.45, 7) is 0. The third-order valence-electron chi connectivity index (χ3n) is 7.09. The highest BCUT2D eigenvalue weighted by Gasteiger charge is 2.18. The Labute approximate surface area is 248 Å². The summed E-state index contributed by atoms with van der Waals surface area (Å²) < 4.78 is 15.6. The number of allylic oxidation sites excluding steroid dienone is 4. The molecule has 0 aliphatic heterocycles. The maximum atomic E-state index is 15.6. The molecule has 7 heteroatoms. The summed E-state index contributed by atoms with van der Waals surface area (Å²) in [7, 11) is 0. The van der Waals surface area contributed by atoms with Crippen LogP contribution in [0, 0.1) is 5.82 Å². The van der Waals surface area contributed by atoms with Crippen molar-refractivity contribution in [2.75, 3.05) is 0 Å². The lowest BCUT2D eigenvalue weighted by Crippen LogP contribution is -2.04. The fourth-order valence-corrected chi connectivity index (χ4v) is 4.89. The zero-order chi connectivity index (χ0) is 29.0. The molecule has 0 bridgehead atoms. The second kappa shape index (κ2) is 11.7. The van der Waals surface area contributed by atoms with Gasteiger partial charge in [0.1, 0.15) is 5.82 Å². The Morgan fingerprint density at radius 3 is 1.42 bits per heavy atom. The maximum absolute atomic E-state index is 15.6. The molecule has 206 valence electrons. The summed E-state index contributed by atoms with van der Waals surface area (Å²) in [5, 5.41) is 0. The van der Waals surface area contributed by atoms with Gasteiger partial charge in [0.2, 0.25) is 0 Å². The molecule has 0 fully saturated rings. The van der Waals surface area contributed by atoms with E-state index in [1.54, 1.807) is 12.1 Å². The molecule has 7 rings (SSSR count). The average Bonchev–Trinajstić information content (AvgIpc) is 3.09. The first-order valence-electron chi connectivity index (χ1n) is 14.1. The molecule has 0 atom stereocenters. The van der Waals surface area contributed by atoms with Crippen LogP contribution >= 0.6 is 0 Å². The number of nitrogens with zero attached hydrogens (tertiary/aromatic N) is 6. The highest BCUT2D eigenvalue weighted by Crippen LogP contribution is 2.31. The summed E-state index contributed by atoms with van der Waals surface area (Å²) in [6.07, 6.45) is 8.06. The molecule has 4 aromatic carbocycles. The largest absolute Gasteiger partial charge is 0.208 e. The first kappa shape index (κ1) is 26.2. The molecule has 1 aliphatic carbocycles. The van der Waals surface area contributed by atoms with Crippen LogP contribution in [0.1, 0.15) is 18.7 Å². The molecule has 1 aliphatic rings. The Bertz CT molecular complexity index is 1920. The molecule has 0 unspecified atom stereocenters. The van der Waals surface area contributed by atoms with E-state index in [0.717, 1.165) is 35.1 Å². The van der Waals surface area contributed by atoms with Crippen molar-refractivity contribution in [3.8, 4) is 56.9 Å². The number of hydrogen-bond acceptors (Lipinski definition) is 6. The van der Waals surface area contributed by atoms with Crippen LogP contribution in [0.2, 0.25) is 0 Å². The van der Waals surface area contributed by atoms with E-state index >= 15 is 4.39 Å². The van der Waals surface area contributed by atoms with Crippen LogP contribution in [0.5, 0.6) is 0 Å². The third kappa shape index (κ3) is 5.61. The zero-order valence-corrected chi connectivity index (χ0v) is 23.1. The third-order valence-corrected chi connectivity index (χ3v) is 7.09. The normalized spacial score (nSPS) is 12.6. The Hall–Kier alpha value is -5.69. The number of halogens is 1. The van der Waals surface area contributed by atoms with E-state index in [1.807, 2.05) is 97.1 Å². The maximum Gasteiger partial charge on any atom is 0.167 e. The van der Waals surface area contributed by atoms with Crippen molar-refractivity contribution in [1.82, 2.24) is 29.9 Å². The average molecular weight is 561 g/mol. The molecule has 43 heavy (non-hydrogen) atoms. The summed E-state index contributed by atoms with van der Waals surface area (Å²) in [6, 6.07) is 33.9. The molecule has 2 heterocycles. The number of benzene rings is 4. The summed E-state index contributed by atoms with van der Waals surface area (Å²) in [5.41, 5.74) is 4.28. The SMILES string of the molecule is Fc1ccc(-c2nc(-c3ccccc3)nc(-c3ccccc3)n2)cc1-c1nc(C2=CCCC=C2)nc(-c2ccccc2)n1. The van der Waals surface area contributed by atoms with Crippen LogP contribution in [-0.4, -0.2) is 29.9 Å². The van der Waals surface area contributed by atoms with Crippen molar-refractivity contribution in [3.05, 3.63) is 139 Å². The quantitative estimate of drug-likeness (QED) is 0.204. The minimum atomic E-state index is -0.450. The monoisotopic (exact) mass is 560 g/mol. The van der Waals surface area contributed by atoms with Crippen molar-refractivity contribution in [2.24, 2.45) is 0 Å². The lowest BCUT2D eigenvalue weighted by Gasteiger charge is -2.12. The van der Waals surface area contributed by atoms with Gasteiger partial charge in [0, 0.05) is 27.8 Å². The predicted molar refractivity (Wildman–Crippen MR) is 167 cm³/mol. The molecular formula is C36H25FN6. The standard InChI is InChI=1S/C36H25FN6/c37-30-22-21-28(35-40-31(24-13-5-1-6-14-24)38-32(41-35)25-15-7-2-8-16-25)23-29(30)36-42-33(26-17-9-3-10-18-26)39-34(43-36)27-19-11-4-12-20-27/h1-3,5-11,13-23H,4,12H2. The van der Waals surface area contributed by atoms with E-state index in [-0.39, 0.29) is 11.4 Å². The predicted octanol–water partition coefficient (Wildman–Crippen LogP) is 8.26. The first-order chi connectivity index (χ1) is 21.2. The van der Waals surface area contributed by atoms with Gasteiger partial charge >= 0.3 is 0 Å². The van der Waals surface area contributed by atoms with Gasteiger partial charge in [-0.05, 0) is 31.0 Å². The Morgan fingerprint density at radius 1 is 0.442 bits per heavy atom. The highest BCUT2D eigenvalue weighted by atomic mass is 19.1. The van der Waals surface area contributed by atoms with Crippen molar-refractivity contribution in [1.29, 1.82) is 0 Å². The molecule has 0 amide bonds. The summed E-state index contributed by atoms with van der Waals surface area (Å²) in [5.74, 6) is 2.24. The van der Waals surface area contributed by atoms with Crippen LogP contribution in [0.3, 0.4) is 0 Å². The number of aromatic nitrogens is 6. The molecule has 0 saturated heterocycles. The van der Waals surface area contributed by atoms with Crippen LogP contribution in [-0.2, 0) is 0 Å². The molecule has 0 spiro atoms. The van der Waals surface area contributed by atoms with Crippen LogP contribution in [0.25, 0.3) is 62.5 Å². The Balaban J connectivity index is 1.39. The van der Waals surface area contributed by atoms with Crippen molar-refractivity contribution in [3.63, 3.8) is 0 Å². The van der Waals surface area contributed by atoms with E-state index in [9.17, 15) is 0 Å². The summed E-state index contributed by atoms with van der Waals surface area (Å²) in [4.78, 5) is 28.6. The first-order valence-corrected chi connectivity index (χ1v) is 14.1. The number of rotatable bonds is 6. The Morgan fingerprint density at radius 2 is 0.907 bits per heavy atom. The van der Waals surface area contributed by atoms with Gasteiger partial charge in [-0.2, -0.15) is 0 Å². The van der Waals surface area contributed by atoms with Gasteiger partial charge in [-0.1, -0.05) is 109 Å². The highest BCUT2D eigenvalue weighted by molar-refractivity contribution is 5.75. The minimum absolute atomic E-state index is 0.238. The van der Waals surface area contributed by atoms with Gasteiger partial charge in [-0.3, -0.25) is 0 Å². The molecule has 0 N–H and O–H groups in total. The lowest BCUT2D eigenvalue weighted by atomic mass is 10.1. The molecule has 0 saturated carbocycles. The van der Waals surface area contributed by atoms with Crippen molar-refractivity contribution < 1.29 is 4.39 Å². The number of hydrogen-bond donors (Lipinski definition) is 0. The molecule has 6 aromatic rings. The molecule has 2 aromatic heterocycles. The lowest BCUT2D eigenvalue weighted by molar-refractivity contribution is 0.630. The topological polar surface area (TPSA) is 77.3 Å². The second-order valence-corrected chi connectivity index (χ2v) is 10.0. The van der Waals surface area contributed by atoms with Crippen LogP contribution < -0.4 is 0 Å². The van der Waals surface area contributed by atoms with Gasteiger partial charge in [-0.25, -0.2) is 34.3 Å². The fourth-order valence-electron chi connectivity index (χ4n) is 4.89. The van der Waals surface area contributed by atoms with Gasteiger partial charge in [0.25, 0.3) is 0 Å². The Kier molecular flexibility index (Phi) is 7.11. The van der Waals surface area contributed by atoms with E-state index in [0.29, 0.717) is 34.7 Å². The van der Waals surface area contributed by atoms with Crippen molar-refractivity contribution in [2.45, 2.75) is 12.8 Å². The van der Waals surface area contributed by atoms with Gasteiger partial charge in [0.05, 0.1) is 5.56 Å². The fraction of sp³-hybridized carbons (Fsp3) is 0.0556. The van der Waals surface area contributed by atoms with Crippen LogP contribution in [0.15, 0.2) is 127 Å². The summed E-state index contributed by atoms with van der Waals surface area (Å²) >= 11 is 0. The van der Waals surface area contributed by atoms with E-state index in [1.165, 1.54) is 6.07 Å². The van der Waals surface area contributed by atoms with Gasteiger partial charge < -0.3 is 0 Å². The van der Waals surface area contributed by atoms with E-state index in [4.69, 9.17) is 29.9 Å². The molecular weight excluding hydrogens is 535 g/mol. The van der Waals surface area contributed by atoms with Crippen LogP contribution in [0.4, 0.5) is 4.39 Å². The smallest absolute Gasteiger partial charge is 0.167 e. The molecule has 0 radical (unpaired) electrons. The van der Waals surface area contributed by atoms with Gasteiger partial charge in [-0.15, -0.1) is 0 Å². The van der Waals surface area contributed by atoms with E-state index in [2.05, 4.69) is 12.2 Å². The van der Waals surface area contributed by atoms with E-state index < -0.39 is 5.82 Å². The van der Waals surface area contributed by atoms with Gasteiger partial charge in [0.15, 0.2) is 34.9 Å². The molecule has 6 nitrogen and oxygen atoms in total. The minimum Gasteiger partial charge on any atom is -0.208 e.